The Hall–Kier alpha value is -0.360. The Morgan fingerprint density at radius 1 is 1.43 bits per heavy atom. The highest BCUT2D eigenvalue weighted by atomic mass is 35.5. The Balaban J connectivity index is 0.000000845. The molecule has 0 saturated carbocycles. The lowest BCUT2D eigenvalue weighted by Crippen LogP contribution is -2.43. The number of aromatic amines is 1. The van der Waals surface area contributed by atoms with Crippen LogP contribution < -0.4 is 5.32 Å². The van der Waals surface area contributed by atoms with E-state index in [0.29, 0.717) is 12.2 Å². The Morgan fingerprint density at radius 3 is 2.71 bits per heavy atom. The van der Waals surface area contributed by atoms with Gasteiger partial charge in [-0.2, -0.15) is 15.4 Å². The third-order valence-electron chi connectivity index (χ3n) is 2.25. The molecule has 0 radical (unpaired) electrons. The van der Waals surface area contributed by atoms with Crippen molar-refractivity contribution in [2.75, 3.05) is 13.1 Å². The van der Waals surface area contributed by atoms with Crippen LogP contribution in [0, 0.1) is 0 Å². The molecule has 14 heavy (non-hydrogen) atoms. The fourth-order valence-electron chi connectivity index (χ4n) is 1.53. The molecule has 1 aromatic rings. The minimum Gasteiger partial charge on any atom is -0.382 e. The van der Waals surface area contributed by atoms with Crippen LogP contribution in [0.5, 0.6) is 0 Å². The summed E-state index contributed by atoms with van der Waals surface area (Å²) in [5.74, 6) is 0. The van der Waals surface area contributed by atoms with Crippen LogP contribution in [-0.2, 0) is 5.60 Å². The molecule has 0 spiro atoms. The van der Waals surface area contributed by atoms with Crippen LogP contribution in [0.25, 0.3) is 0 Å². The average Bonchev–Trinajstić information content (AvgIpc) is 2.58. The molecule has 0 bridgehead atoms. The maximum Gasteiger partial charge on any atom is 0.122 e. The number of β-amino-alcohol motifs (C(OH)–C–C–N with tert-alkyl or cyclic N) is 1. The van der Waals surface area contributed by atoms with Crippen LogP contribution in [0.2, 0.25) is 0 Å². The molecule has 0 aromatic carbocycles. The van der Waals surface area contributed by atoms with E-state index in [1.165, 1.54) is 0 Å². The Bertz CT molecular complexity index is 248. The lowest BCUT2D eigenvalue weighted by molar-refractivity contribution is 0.00816. The molecule has 0 amide bonds. The number of nitrogens with zero attached hydrogens (tertiary/aromatic N) is 2. The van der Waals surface area contributed by atoms with Crippen LogP contribution in [-0.4, -0.2) is 33.6 Å². The van der Waals surface area contributed by atoms with Gasteiger partial charge in [0.2, 0.25) is 0 Å². The predicted molar refractivity (Wildman–Crippen MR) is 56.9 cm³/mol. The summed E-state index contributed by atoms with van der Waals surface area (Å²) in [6, 6.07) is 0. The maximum absolute atomic E-state index is 10.0. The van der Waals surface area contributed by atoms with E-state index in [9.17, 15) is 5.11 Å². The lowest BCUT2D eigenvalue weighted by Gasteiger charge is -2.30. The zero-order chi connectivity index (χ0) is 8.44. The van der Waals surface area contributed by atoms with Crippen molar-refractivity contribution < 1.29 is 5.11 Å². The number of hydrogen-bond acceptors (Lipinski definition) is 4. The van der Waals surface area contributed by atoms with Gasteiger partial charge in [-0.3, -0.25) is 0 Å². The summed E-state index contributed by atoms with van der Waals surface area (Å²) in [4.78, 5) is 0. The Kier molecular flexibility index (Phi) is 5.36. The van der Waals surface area contributed by atoms with Crippen molar-refractivity contribution in [3.8, 4) is 0 Å². The molecule has 3 N–H and O–H groups in total. The molecule has 1 aromatic heterocycles. The molecule has 1 aliphatic heterocycles. The van der Waals surface area contributed by atoms with Crippen molar-refractivity contribution in [1.29, 1.82) is 0 Å². The molecule has 82 valence electrons. The number of hydrogen-bond donors (Lipinski definition) is 3. The Morgan fingerprint density at radius 2 is 2.21 bits per heavy atom. The van der Waals surface area contributed by atoms with E-state index in [0.717, 1.165) is 19.4 Å². The second kappa shape index (κ2) is 5.50. The van der Waals surface area contributed by atoms with Gasteiger partial charge in [0.1, 0.15) is 11.3 Å². The van der Waals surface area contributed by atoms with E-state index >= 15 is 0 Å². The van der Waals surface area contributed by atoms with Gasteiger partial charge in [0, 0.05) is 6.54 Å². The average molecular weight is 241 g/mol. The van der Waals surface area contributed by atoms with Gasteiger partial charge in [-0.25, -0.2) is 0 Å². The fourth-order valence-corrected chi connectivity index (χ4v) is 1.53. The SMILES string of the molecule is Cl.Cl.OC1(c2cn[nH]n2)CCCNC1. The quantitative estimate of drug-likeness (QED) is 0.657. The van der Waals surface area contributed by atoms with Gasteiger partial charge in [-0.15, -0.1) is 24.8 Å². The van der Waals surface area contributed by atoms with Crippen molar-refractivity contribution in [1.82, 2.24) is 20.7 Å². The molecule has 1 saturated heterocycles. The van der Waals surface area contributed by atoms with Crippen molar-refractivity contribution in [2.45, 2.75) is 18.4 Å². The normalized spacial score (nSPS) is 26.1. The first-order valence-electron chi connectivity index (χ1n) is 4.11. The van der Waals surface area contributed by atoms with Gasteiger partial charge in [0.15, 0.2) is 0 Å². The number of piperidine rings is 1. The molecule has 1 unspecified atom stereocenters. The largest absolute Gasteiger partial charge is 0.382 e. The van der Waals surface area contributed by atoms with Gasteiger partial charge >= 0.3 is 0 Å². The van der Waals surface area contributed by atoms with Crippen LogP contribution >= 0.6 is 24.8 Å². The summed E-state index contributed by atoms with van der Waals surface area (Å²) in [7, 11) is 0. The monoisotopic (exact) mass is 240 g/mol. The molecule has 1 fully saturated rings. The van der Waals surface area contributed by atoms with Gasteiger partial charge in [-0.05, 0) is 19.4 Å². The molecule has 7 heteroatoms. The lowest BCUT2D eigenvalue weighted by atomic mass is 9.91. The summed E-state index contributed by atoms with van der Waals surface area (Å²) < 4.78 is 0. The zero-order valence-corrected chi connectivity index (χ0v) is 9.20. The summed E-state index contributed by atoms with van der Waals surface area (Å²) >= 11 is 0. The van der Waals surface area contributed by atoms with Crippen LogP contribution in [0.3, 0.4) is 0 Å². The third kappa shape index (κ3) is 2.57. The summed E-state index contributed by atoms with van der Waals surface area (Å²) in [6.45, 7) is 1.54. The van der Waals surface area contributed by atoms with E-state index in [1.807, 2.05) is 0 Å². The first kappa shape index (κ1) is 13.6. The molecule has 5 nitrogen and oxygen atoms in total. The van der Waals surface area contributed by atoms with Gasteiger partial charge < -0.3 is 10.4 Å². The first-order valence-corrected chi connectivity index (χ1v) is 4.11. The molecule has 2 rings (SSSR count). The minimum absolute atomic E-state index is 0. The molecule has 1 atom stereocenters. The van der Waals surface area contributed by atoms with Crippen molar-refractivity contribution in [3.05, 3.63) is 11.9 Å². The highest BCUT2D eigenvalue weighted by molar-refractivity contribution is 5.85. The topological polar surface area (TPSA) is 73.8 Å². The Labute approximate surface area is 94.5 Å². The number of aliphatic hydroxyl groups is 1. The zero-order valence-electron chi connectivity index (χ0n) is 7.56. The van der Waals surface area contributed by atoms with E-state index in [1.54, 1.807) is 6.20 Å². The number of rotatable bonds is 1. The molecular weight excluding hydrogens is 227 g/mol. The van der Waals surface area contributed by atoms with Gasteiger partial charge in [-0.1, -0.05) is 0 Å². The van der Waals surface area contributed by atoms with Crippen LogP contribution in [0.4, 0.5) is 0 Å². The van der Waals surface area contributed by atoms with Crippen LogP contribution in [0.15, 0.2) is 6.20 Å². The smallest absolute Gasteiger partial charge is 0.122 e. The van der Waals surface area contributed by atoms with E-state index in [4.69, 9.17) is 0 Å². The second-order valence-electron chi connectivity index (χ2n) is 3.17. The fraction of sp³-hybridized carbons (Fsp3) is 0.714. The summed E-state index contributed by atoms with van der Waals surface area (Å²) in [5.41, 5.74) is -0.180. The number of halogens is 2. The summed E-state index contributed by atoms with van der Waals surface area (Å²) in [6.07, 6.45) is 3.31. The standard InChI is InChI=1S/C7H12N4O.2ClH/c12-7(2-1-3-8-5-7)6-4-9-11-10-6;;/h4,8,12H,1-3,5H2,(H,9,10,11);2*1H. The number of H-pyrrole nitrogens is 1. The highest BCUT2D eigenvalue weighted by Crippen LogP contribution is 2.25. The second-order valence-corrected chi connectivity index (χ2v) is 3.17. The predicted octanol–water partition coefficient (Wildman–Crippen LogP) is 0.219. The van der Waals surface area contributed by atoms with Gasteiger partial charge in [0.25, 0.3) is 0 Å². The minimum atomic E-state index is -0.814. The number of aromatic nitrogens is 3. The van der Waals surface area contributed by atoms with E-state index in [-0.39, 0.29) is 24.8 Å². The summed E-state index contributed by atoms with van der Waals surface area (Å²) in [5, 5.41) is 23.2. The maximum atomic E-state index is 10.0. The molecule has 0 aliphatic carbocycles. The van der Waals surface area contributed by atoms with Crippen molar-refractivity contribution >= 4 is 24.8 Å². The molecule has 1 aliphatic rings. The van der Waals surface area contributed by atoms with Crippen molar-refractivity contribution in [2.24, 2.45) is 0 Å². The number of nitrogens with one attached hydrogen (secondary N) is 2. The molecular formula is C7H14Cl2N4O. The van der Waals surface area contributed by atoms with E-state index < -0.39 is 5.60 Å². The highest BCUT2D eigenvalue weighted by Gasteiger charge is 2.33. The van der Waals surface area contributed by atoms with E-state index in [2.05, 4.69) is 20.7 Å². The third-order valence-corrected chi connectivity index (χ3v) is 2.25. The molecule has 2 heterocycles. The first-order chi connectivity index (χ1) is 5.81. The van der Waals surface area contributed by atoms with Crippen LogP contribution in [0.1, 0.15) is 18.5 Å². The van der Waals surface area contributed by atoms with Gasteiger partial charge in [0.05, 0.1) is 6.20 Å². The van der Waals surface area contributed by atoms with Crippen molar-refractivity contribution in [3.63, 3.8) is 0 Å².